The monoisotopic (exact) mass is 541 g/mol. The van der Waals surface area contributed by atoms with Crippen LogP contribution < -0.4 is 19.6 Å². The van der Waals surface area contributed by atoms with E-state index >= 15 is 0 Å². The molecule has 0 fully saturated rings. The quantitative estimate of drug-likeness (QED) is 0.255. The number of benzene rings is 3. The number of carbonyl (C=O) groups is 1. The van der Waals surface area contributed by atoms with E-state index in [-0.39, 0.29) is 11.6 Å². The van der Waals surface area contributed by atoms with Crippen LogP contribution in [-0.2, 0) is 17.8 Å². The van der Waals surface area contributed by atoms with Gasteiger partial charge in [0, 0.05) is 38.0 Å². The number of methoxy groups -OCH3 is 2. The highest BCUT2D eigenvalue weighted by atomic mass is 16.5. The second-order valence-corrected chi connectivity index (χ2v) is 9.57. The minimum absolute atomic E-state index is 0.251. The van der Waals surface area contributed by atoms with Crippen molar-refractivity contribution in [3.05, 3.63) is 111 Å². The molecule has 2 heterocycles. The van der Waals surface area contributed by atoms with E-state index in [1.807, 2.05) is 71.3 Å². The molecule has 8 heteroatoms. The van der Waals surface area contributed by atoms with Gasteiger partial charge in [0.15, 0.2) is 16.9 Å². The molecule has 0 amide bonds. The van der Waals surface area contributed by atoms with E-state index in [0.29, 0.717) is 43.4 Å². The van der Waals surface area contributed by atoms with E-state index in [1.54, 1.807) is 14.2 Å². The van der Waals surface area contributed by atoms with E-state index in [0.717, 1.165) is 34.4 Å². The van der Waals surface area contributed by atoms with Crippen LogP contribution in [0.5, 0.6) is 17.2 Å². The highest BCUT2D eigenvalue weighted by Gasteiger charge is 2.29. The summed E-state index contributed by atoms with van der Waals surface area (Å²) in [7, 11) is 3.22. The summed E-state index contributed by atoms with van der Waals surface area (Å²) in [5.41, 5.74) is 3.60. The number of fused-ring (bicyclic) bond motifs is 3. The zero-order valence-corrected chi connectivity index (χ0v) is 22.5. The number of nitrogens with zero attached hydrogens (tertiary/aromatic N) is 1. The van der Waals surface area contributed by atoms with E-state index < -0.39 is 11.4 Å². The van der Waals surface area contributed by atoms with Crippen LogP contribution in [0.15, 0.2) is 83.8 Å². The van der Waals surface area contributed by atoms with Gasteiger partial charge in [0.25, 0.3) is 0 Å². The van der Waals surface area contributed by atoms with Crippen LogP contribution in [0, 0.1) is 0 Å². The number of rotatable bonds is 11. The molecule has 3 aromatic carbocycles. The molecule has 1 aliphatic rings. The second-order valence-electron chi connectivity index (χ2n) is 9.57. The molecule has 206 valence electrons. The number of ether oxygens (including phenoxy) is 4. The fourth-order valence-electron chi connectivity index (χ4n) is 4.96. The molecule has 40 heavy (non-hydrogen) atoms. The smallest absolute Gasteiger partial charge is 0.341 e. The molecular formula is C32H31NO7. The van der Waals surface area contributed by atoms with Crippen LogP contribution in [0.25, 0.3) is 11.3 Å². The van der Waals surface area contributed by atoms with E-state index in [2.05, 4.69) is 0 Å². The fourth-order valence-corrected chi connectivity index (χ4v) is 4.96. The van der Waals surface area contributed by atoms with Gasteiger partial charge in [-0.3, -0.25) is 4.79 Å². The molecule has 4 aromatic rings. The maximum Gasteiger partial charge on any atom is 0.341 e. The van der Waals surface area contributed by atoms with Crippen LogP contribution in [0.1, 0.15) is 39.5 Å². The van der Waals surface area contributed by atoms with Crippen molar-refractivity contribution >= 4 is 5.97 Å². The Bertz CT molecular complexity index is 1540. The molecule has 0 aliphatic carbocycles. The van der Waals surface area contributed by atoms with Gasteiger partial charge >= 0.3 is 5.97 Å². The predicted molar refractivity (Wildman–Crippen MR) is 151 cm³/mol. The number of carboxylic acid groups (broad SMARTS) is 1. The van der Waals surface area contributed by atoms with E-state index in [9.17, 15) is 14.7 Å². The van der Waals surface area contributed by atoms with Gasteiger partial charge in [0.1, 0.15) is 17.9 Å². The number of hydrogen-bond acceptors (Lipinski definition) is 6. The summed E-state index contributed by atoms with van der Waals surface area (Å²) in [6.07, 6.45) is 2.73. The first-order valence-electron chi connectivity index (χ1n) is 13.1. The van der Waals surface area contributed by atoms with E-state index in [4.69, 9.17) is 18.9 Å². The topological polar surface area (TPSA) is 96.2 Å². The minimum atomic E-state index is -1.26. The molecule has 1 N–H and O–H groups in total. The van der Waals surface area contributed by atoms with Crippen LogP contribution in [0.4, 0.5) is 0 Å². The summed E-state index contributed by atoms with van der Waals surface area (Å²) in [5.74, 6) is 0.619. The lowest BCUT2D eigenvalue weighted by Gasteiger charge is -2.32. The number of pyridine rings is 1. The second kappa shape index (κ2) is 12.1. The zero-order chi connectivity index (χ0) is 28.1. The summed E-state index contributed by atoms with van der Waals surface area (Å²) in [5, 5.41) is 9.67. The molecule has 0 radical (unpaired) electrons. The van der Waals surface area contributed by atoms with Gasteiger partial charge in [-0.2, -0.15) is 0 Å². The van der Waals surface area contributed by atoms with Crippen molar-refractivity contribution < 1.29 is 28.8 Å². The summed E-state index contributed by atoms with van der Waals surface area (Å²) in [4.78, 5) is 24.6. The minimum Gasteiger partial charge on any atom is -0.493 e. The van der Waals surface area contributed by atoms with Gasteiger partial charge < -0.3 is 28.6 Å². The average molecular weight is 542 g/mol. The van der Waals surface area contributed by atoms with Crippen molar-refractivity contribution in [2.24, 2.45) is 0 Å². The Morgan fingerprint density at radius 3 is 2.42 bits per heavy atom. The zero-order valence-electron chi connectivity index (χ0n) is 22.5. The summed E-state index contributed by atoms with van der Waals surface area (Å²) >= 11 is 0. The largest absolute Gasteiger partial charge is 0.493 e. The molecule has 0 saturated carbocycles. The summed E-state index contributed by atoms with van der Waals surface area (Å²) < 4.78 is 24.6. The SMILES string of the molecule is COCCCOc1cc2c(cc1OC)-c1cc(=O)c(C(=O)O)cn1C(c1ccc(OCc3ccccc3)cc1)C2. The standard InChI is InChI=1S/C32H31NO7/c1-37-13-6-14-39-31-16-23-15-27(22-9-11-24(12-10-22)40-20-21-7-4-3-5-8-21)33-19-26(32(35)36)29(34)18-28(33)25(23)17-30(31)38-2/h3-5,7-12,16-19,27H,6,13-15,20H2,1-2H3,(H,35,36). The van der Waals surface area contributed by atoms with Crippen LogP contribution in [-0.4, -0.2) is 43.1 Å². The molecule has 1 aliphatic heterocycles. The fraction of sp³-hybridized carbons (Fsp3) is 0.250. The molecule has 1 aromatic heterocycles. The van der Waals surface area contributed by atoms with Crippen LogP contribution >= 0.6 is 0 Å². The molecule has 8 nitrogen and oxygen atoms in total. The summed E-state index contributed by atoms with van der Waals surface area (Å²) in [6, 6.07) is 22.6. The van der Waals surface area contributed by atoms with Crippen LogP contribution in [0.3, 0.4) is 0 Å². The summed E-state index contributed by atoms with van der Waals surface area (Å²) in [6.45, 7) is 1.51. The molecular weight excluding hydrogens is 510 g/mol. The van der Waals surface area contributed by atoms with Crippen molar-refractivity contribution in [3.63, 3.8) is 0 Å². The molecule has 0 bridgehead atoms. The Kier molecular flexibility index (Phi) is 8.17. The highest BCUT2D eigenvalue weighted by molar-refractivity contribution is 5.88. The number of hydrogen-bond donors (Lipinski definition) is 1. The third kappa shape index (κ3) is 5.72. The first-order valence-corrected chi connectivity index (χ1v) is 13.1. The molecule has 0 saturated heterocycles. The molecule has 0 spiro atoms. The van der Waals surface area contributed by atoms with Crippen LogP contribution in [0.2, 0.25) is 0 Å². The third-order valence-electron chi connectivity index (χ3n) is 6.99. The number of aromatic carboxylic acids is 1. The van der Waals surface area contributed by atoms with Crippen molar-refractivity contribution in [1.82, 2.24) is 4.57 Å². The Morgan fingerprint density at radius 2 is 1.73 bits per heavy atom. The maximum atomic E-state index is 12.8. The van der Waals surface area contributed by atoms with Crippen molar-refractivity contribution in [2.45, 2.75) is 25.5 Å². The van der Waals surface area contributed by atoms with E-state index in [1.165, 1.54) is 12.3 Å². The average Bonchev–Trinajstić information content (AvgIpc) is 2.98. The van der Waals surface area contributed by atoms with Gasteiger partial charge in [0.05, 0.1) is 25.5 Å². The normalized spacial score (nSPS) is 13.7. The van der Waals surface area contributed by atoms with Crippen molar-refractivity contribution in [3.8, 4) is 28.5 Å². The van der Waals surface area contributed by atoms with Crippen molar-refractivity contribution in [1.29, 1.82) is 0 Å². The first kappa shape index (κ1) is 27.0. The Hall–Kier alpha value is -4.56. The van der Waals surface area contributed by atoms with Gasteiger partial charge in [0.2, 0.25) is 0 Å². The van der Waals surface area contributed by atoms with Gasteiger partial charge in [-0.05, 0) is 47.4 Å². The Morgan fingerprint density at radius 1 is 0.950 bits per heavy atom. The predicted octanol–water partition coefficient (Wildman–Crippen LogP) is 5.36. The van der Waals surface area contributed by atoms with Gasteiger partial charge in [-0.15, -0.1) is 0 Å². The molecule has 1 unspecified atom stereocenters. The lowest BCUT2D eigenvalue weighted by molar-refractivity contribution is 0.0694. The number of aromatic nitrogens is 1. The molecule has 5 rings (SSSR count). The molecule has 1 atom stereocenters. The number of carboxylic acids is 1. The van der Waals surface area contributed by atoms with Crippen molar-refractivity contribution in [2.75, 3.05) is 27.4 Å². The lowest BCUT2D eigenvalue weighted by atomic mass is 9.88. The van der Waals surface area contributed by atoms with Gasteiger partial charge in [-0.1, -0.05) is 42.5 Å². The Balaban J connectivity index is 1.50. The maximum absolute atomic E-state index is 12.8. The first-order chi connectivity index (χ1) is 19.5. The lowest BCUT2D eigenvalue weighted by Crippen LogP contribution is -2.26. The highest BCUT2D eigenvalue weighted by Crippen LogP contribution is 2.43. The third-order valence-corrected chi connectivity index (χ3v) is 6.99. The van der Waals surface area contributed by atoms with Gasteiger partial charge in [-0.25, -0.2) is 4.79 Å². The Labute approximate surface area is 232 Å².